The Morgan fingerprint density at radius 3 is 2.40 bits per heavy atom. The van der Waals surface area contributed by atoms with Crippen LogP contribution in [0.5, 0.6) is 0 Å². The molecule has 0 aromatic heterocycles. The fourth-order valence-electron chi connectivity index (χ4n) is 1.83. The van der Waals surface area contributed by atoms with Crippen LogP contribution < -0.4 is 10.6 Å². The number of hydrogen-bond donors (Lipinski definition) is 3. The molecule has 0 heterocycles. The standard InChI is InChI=1S/C15H30N2O3/c1-5-6-10-17-14(20)12(2)16-11-9-15(3,4)8-7-13(18)19/h12,16H,5-11H2,1-4H3,(H,17,20)(H,18,19). The Morgan fingerprint density at radius 1 is 1.20 bits per heavy atom. The van der Waals surface area contributed by atoms with Crippen molar-refractivity contribution in [2.45, 2.75) is 65.8 Å². The number of hydrogen-bond acceptors (Lipinski definition) is 3. The zero-order chi connectivity index (χ0) is 15.6. The maximum Gasteiger partial charge on any atom is 0.303 e. The number of carbonyl (C=O) groups is 2. The predicted octanol–water partition coefficient (Wildman–Crippen LogP) is 2.16. The quantitative estimate of drug-likeness (QED) is 0.509. The largest absolute Gasteiger partial charge is 0.481 e. The molecule has 1 amide bonds. The lowest BCUT2D eigenvalue weighted by Crippen LogP contribution is -2.43. The monoisotopic (exact) mass is 286 g/mol. The molecule has 0 bridgehead atoms. The average molecular weight is 286 g/mol. The predicted molar refractivity (Wildman–Crippen MR) is 80.7 cm³/mol. The molecule has 0 aliphatic heterocycles. The van der Waals surface area contributed by atoms with Crippen molar-refractivity contribution in [1.29, 1.82) is 0 Å². The van der Waals surface area contributed by atoms with Gasteiger partial charge in [0, 0.05) is 13.0 Å². The number of nitrogens with one attached hydrogen (secondary N) is 2. The zero-order valence-electron chi connectivity index (χ0n) is 13.3. The van der Waals surface area contributed by atoms with Gasteiger partial charge >= 0.3 is 5.97 Å². The molecule has 0 aliphatic carbocycles. The molecule has 0 fully saturated rings. The molecule has 0 aliphatic rings. The van der Waals surface area contributed by atoms with E-state index < -0.39 is 5.97 Å². The van der Waals surface area contributed by atoms with E-state index in [1.165, 1.54) is 0 Å². The minimum absolute atomic E-state index is 0.0240. The fraction of sp³-hybridized carbons (Fsp3) is 0.867. The van der Waals surface area contributed by atoms with Crippen LogP contribution in [-0.4, -0.2) is 36.1 Å². The average Bonchev–Trinajstić information content (AvgIpc) is 2.36. The lowest BCUT2D eigenvalue weighted by atomic mass is 9.84. The summed E-state index contributed by atoms with van der Waals surface area (Å²) in [6.07, 6.45) is 3.77. The molecular weight excluding hydrogens is 256 g/mol. The first kappa shape index (κ1) is 18.9. The molecule has 0 aromatic carbocycles. The second-order valence-electron chi connectivity index (χ2n) is 6.13. The number of unbranched alkanes of at least 4 members (excludes halogenated alkanes) is 1. The third-order valence-corrected chi connectivity index (χ3v) is 3.49. The first-order valence-electron chi connectivity index (χ1n) is 7.51. The minimum Gasteiger partial charge on any atom is -0.481 e. The van der Waals surface area contributed by atoms with Crippen LogP contribution in [0.25, 0.3) is 0 Å². The molecule has 0 spiro atoms. The van der Waals surface area contributed by atoms with E-state index in [0.29, 0.717) is 6.42 Å². The van der Waals surface area contributed by atoms with Crippen molar-refractivity contribution in [1.82, 2.24) is 10.6 Å². The van der Waals surface area contributed by atoms with Gasteiger partial charge in [-0.25, -0.2) is 0 Å². The van der Waals surface area contributed by atoms with Crippen molar-refractivity contribution in [2.75, 3.05) is 13.1 Å². The van der Waals surface area contributed by atoms with E-state index in [9.17, 15) is 9.59 Å². The maximum absolute atomic E-state index is 11.7. The summed E-state index contributed by atoms with van der Waals surface area (Å²) in [5, 5.41) is 14.8. The highest BCUT2D eigenvalue weighted by atomic mass is 16.4. The summed E-state index contributed by atoms with van der Waals surface area (Å²) in [4.78, 5) is 22.3. The van der Waals surface area contributed by atoms with Gasteiger partial charge in [0.15, 0.2) is 0 Å². The zero-order valence-corrected chi connectivity index (χ0v) is 13.3. The van der Waals surface area contributed by atoms with Crippen LogP contribution in [0.1, 0.15) is 59.8 Å². The lowest BCUT2D eigenvalue weighted by Gasteiger charge is -2.25. The Kier molecular flexibility index (Phi) is 9.21. The van der Waals surface area contributed by atoms with Crippen molar-refractivity contribution < 1.29 is 14.7 Å². The van der Waals surface area contributed by atoms with Gasteiger partial charge in [-0.3, -0.25) is 9.59 Å². The van der Waals surface area contributed by atoms with Crippen LogP contribution in [0.15, 0.2) is 0 Å². The van der Waals surface area contributed by atoms with E-state index in [4.69, 9.17) is 5.11 Å². The Balaban J connectivity index is 3.85. The van der Waals surface area contributed by atoms with E-state index in [0.717, 1.165) is 32.4 Å². The third-order valence-electron chi connectivity index (χ3n) is 3.49. The number of carboxylic acids is 1. The second-order valence-corrected chi connectivity index (χ2v) is 6.13. The number of carboxylic acid groups (broad SMARTS) is 1. The third kappa shape index (κ3) is 9.78. The normalized spacial score (nSPS) is 13.0. The fourth-order valence-corrected chi connectivity index (χ4v) is 1.83. The molecule has 0 aromatic rings. The number of aliphatic carboxylic acids is 1. The highest BCUT2D eigenvalue weighted by Crippen LogP contribution is 2.25. The van der Waals surface area contributed by atoms with Crippen LogP contribution in [0, 0.1) is 5.41 Å². The van der Waals surface area contributed by atoms with Gasteiger partial charge in [-0.05, 0) is 38.1 Å². The minimum atomic E-state index is -0.755. The highest BCUT2D eigenvalue weighted by molar-refractivity contribution is 5.81. The summed E-state index contributed by atoms with van der Waals surface area (Å²) < 4.78 is 0. The van der Waals surface area contributed by atoms with E-state index in [1.807, 2.05) is 6.92 Å². The molecule has 1 unspecified atom stereocenters. The summed E-state index contributed by atoms with van der Waals surface area (Å²) in [6.45, 7) is 9.51. The summed E-state index contributed by atoms with van der Waals surface area (Å²) in [5.74, 6) is -0.725. The van der Waals surface area contributed by atoms with Gasteiger partial charge in [0.2, 0.25) is 5.91 Å². The molecule has 3 N–H and O–H groups in total. The van der Waals surface area contributed by atoms with E-state index in [2.05, 4.69) is 31.4 Å². The topological polar surface area (TPSA) is 78.4 Å². The molecule has 0 radical (unpaired) electrons. The summed E-state index contributed by atoms with van der Waals surface area (Å²) in [6, 6.07) is -0.206. The Hall–Kier alpha value is -1.10. The van der Waals surface area contributed by atoms with Gasteiger partial charge in [0.25, 0.3) is 0 Å². The first-order chi connectivity index (χ1) is 9.28. The Bertz CT molecular complexity index is 303. The second kappa shape index (κ2) is 9.75. The van der Waals surface area contributed by atoms with Gasteiger partial charge in [-0.2, -0.15) is 0 Å². The molecule has 0 rings (SSSR count). The number of rotatable bonds is 11. The summed E-state index contributed by atoms with van der Waals surface area (Å²) >= 11 is 0. The molecule has 1 atom stereocenters. The SMILES string of the molecule is CCCCNC(=O)C(C)NCCC(C)(C)CCC(=O)O. The van der Waals surface area contributed by atoms with Crippen LogP contribution in [0.3, 0.4) is 0 Å². The number of carbonyl (C=O) groups excluding carboxylic acids is 1. The molecule has 118 valence electrons. The van der Waals surface area contributed by atoms with Gasteiger partial charge in [-0.15, -0.1) is 0 Å². The van der Waals surface area contributed by atoms with Crippen molar-refractivity contribution >= 4 is 11.9 Å². The van der Waals surface area contributed by atoms with Crippen LogP contribution in [-0.2, 0) is 9.59 Å². The van der Waals surface area contributed by atoms with Gasteiger partial charge < -0.3 is 15.7 Å². The van der Waals surface area contributed by atoms with Crippen molar-refractivity contribution in [3.8, 4) is 0 Å². The van der Waals surface area contributed by atoms with E-state index >= 15 is 0 Å². The van der Waals surface area contributed by atoms with Crippen molar-refractivity contribution in [3.63, 3.8) is 0 Å². The van der Waals surface area contributed by atoms with Crippen LogP contribution in [0.4, 0.5) is 0 Å². The summed E-state index contributed by atoms with van der Waals surface area (Å²) in [7, 11) is 0. The molecule has 5 nitrogen and oxygen atoms in total. The molecule has 0 saturated heterocycles. The van der Waals surface area contributed by atoms with Crippen molar-refractivity contribution in [3.05, 3.63) is 0 Å². The van der Waals surface area contributed by atoms with Crippen molar-refractivity contribution in [2.24, 2.45) is 5.41 Å². The van der Waals surface area contributed by atoms with Crippen LogP contribution in [0.2, 0.25) is 0 Å². The lowest BCUT2D eigenvalue weighted by molar-refractivity contribution is -0.137. The Morgan fingerprint density at radius 2 is 1.85 bits per heavy atom. The van der Waals surface area contributed by atoms with Gasteiger partial charge in [-0.1, -0.05) is 27.2 Å². The highest BCUT2D eigenvalue weighted by Gasteiger charge is 2.20. The van der Waals surface area contributed by atoms with Crippen LogP contribution >= 0.6 is 0 Å². The van der Waals surface area contributed by atoms with E-state index in [1.54, 1.807) is 0 Å². The van der Waals surface area contributed by atoms with E-state index in [-0.39, 0.29) is 23.8 Å². The molecular formula is C15H30N2O3. The number of amides is 1. The smallest absolute Gasteiger partial charge is 0.303 e. The van der Waals surface area contributed by atoms with Gasteiger partial charge in [0.1, 0.15) is 0 Å². The molecule has 0 saturated carbocycles. The summed E-state index contributed by atoms with van der Waals surface area (Å²) in [5.41, 5.74) is -0.0240. The Labute approximate surface area is 122 Å². The maximum atomic E-state index is 11.7. The van der Waals surface area contributed by atoms with Gasteiger partial charge in [0.05, 0.1) is 6.04 Å². The molecule has 20 heavy (non-hydrogen) atoms. The first-order valence-corrected chi connectivity index (χ1v) is 7.51. The molecule has 5 heteroatoms.